The number of allylic oxidation sites excluding steroid dienone is 1. The summed E-state index contributed by atoms with van der Waals surface area (Å²) in [5.41, 5.74) is 3.45. The molecule has 3 rings (SSSR count). The number of alkyl halides is 3. The van der Waals surface area contributed by atoms with Crippen molar-refractivity contribution in [3.05, 3.63) is 41.1 Å². The van der Waals surface area contributed by atoms with Gasteiger partial charge < -0.3 is 10.2 Å². The molecule has 0 spiro atoms. The van der Waals surface area contributed by atoms with Crippen LogP contribution in [0, 0.1) is 0 Å². The van der Waals surface area contributed by atoms with Crippen molar-refractivity contribution in [3.63, 3.8) is 0 Å². The summed E-state index contributed by atoms with van der Waals surface area (Å²) in [5.74, 6) is -2.09. The second kappa shape index (κ2) is 5.67. The van der Waals surface area contributed by atoms with Crippen molar-refractivity contribution in [1.29, 1.82) is 0 Å². The summed E-state index contributed by atoms with van der Waals surface area (Å²) < 4.78 is 39.5. The topological polar surface area (TPSA) is 32.3 Å². The van der Waals surface area contributed by atoms with E-state index in [0.29, 0.717) is 19.5 Å². The minimum absolute atomic E-state index is 0.430. The molecule has 124 valence electrons. The first-order chi connectivity index (χ1) is 10.8. The third kappa shape index (κ3) is 2.76. The molecule has 0 radical (unpaired) electrons. The molecular formula is C17H19F3N2O. The van der Waals surface area contributed by atoms with Gasteiger partial charge in [0.2, 0.25) is 0 Å². The average Bonchev–Trinajstić information content (AvgIpc) is 2.62. The zero-order valence-corrected chi connectivity index (χ0v) is 13.1. The molecule has 2 aliphatic rings. The molecule has 0 bridgehead atoms. The fourth-order valence-corrected chi connectivity index (χ4v) is 3.60. The maximum atomic E-state index is 13.2. The lowest BCUT2D eigenvalue weighted by Crippen LogP contribution is -2.45. The largest absolute Gasteiger partial charge is 0.452 e. The lowest BCUT2D eigenvalue weighted by atomic mass is 9.87. The van der Waals surface area contributed by atoms with E-state index in [9.17, 15) is 18.0 Å². The number of Topliss-reactive ketones (excluding diaryl/α,β-unsaturated/α-hetero) is 1. The smallest absolute Gasteiger partial charge is 0.336 e. The highest BCUT2D eigenvalue weighted by Gasteiger charge is 2.52. The monoisotopic (exact) mass is 324 g/mol. The molecule has 2 heterocycles. The zero-order chi connectivity index (χ0) is 16.8. The van der Waals surface area contributed by atoms with E-state index in [4.69, 9.17) is 0 Å². The second-order valence-corrected chi connectivity index (χ2v) is 6.34. The van der Waals surface area contributed by atoms with Crippen molar-refractivity contribution in [2.24, 2.45) is 0 Å². The highest BCUT2D eigenvalue weighted by Crippen LogP contribution is 2.47. The first-order valence-electron chi connectivity index (χ1n) is 7.67. The Balaban J connectivity index is 2.17. The van der Waals surface area contributed by atoms with Gasteiger partial charge in [-0.3, -0.25) is 4.79 Å². The molecule has 1 aromatic carbocycles. The maximum absolute atomic E-state index is 13.2. The molecule has 0 amide bonds. The lowest BCUT2D eigenvalue weighted by molar-refractivity contribution is -0.172. The summed E-state index contributed by atoms with van der Waals surface area (Å²) in [5, 5.41) is 3.22. The third-order valence-electron chi connectivity index (χ3n) is 4.40. The summed E-state index contributed by atoms with van der Waals surface area (Å²) in [6, 6.07) is 4.36. The molecule has 1 aromatic rings. The van der Waals surface area contributed by atoms with Gasteiger partial charge in [0.1, 0.15) is 6.04 Å². The minimum atomic E-state index is -4.83. The van der Waals surface area contributed by atoms with Gasteiger partial charge in [0.25, 0.3) is 5.78 Å². The van der Waals surface area contributed by atoms with Gasteiger partial charge >= 0.3 is 6.18 Å². The van der Waals surface area contributed by atoms with E-state index in [2.05, 4.69) is 5.32 Å². The highest BCUT2D eigenvalue weighted by molar-refractivity contribution is 5.96. The second-order valence-electron chi connectivity index (χ2n) is 6.34. The minimum Gasteiger partial charge on any atom is -0.336 e. The molecule has 23 heavy (non-hydrogen) atoms. The SMILES string of the molecule is CC(C)=CN1c2cccc3c2C(CCNC3)C1C(=O)C(F)(F)F. The van der Waals surface area contributed by atoms with Gasteiger partial charge in [-0.05, 0) is 44.0 Å². The van der Waals surface area contributed by atoms with Crippen molar-refractivity contribution in [3.8, 4) is 0 Å². The number of hydrogen-bond acceptors (Lipinski definition) is 3. The average molecular weight is 324 g/mol. The molecule has 0 saturated carbocycles. The Hall–Kier alpha value is -1.82. The number of ketones is 1. The van der Waals surface area contributed by atoms with E-state index in [1.165, 1.54) is 4.90 Å². The number of carbonyl (C=O) groups is 1. The molecule has 2 unspecified atom stereocenters. The van der Waals surface area contributed by atoms with E-state index in [0.717, 1.165) is 22.4 Å². The number of nitrogens with one attached hydrogen (secondary N) is 1. The number of hydrogen-bond donors (Lipinski definition) is 1. The molecule has 0 fully saturated rings. The van der Waals surface area contributed by atoms with Crippen LogP contribution in [0.1, 0.15) is 37.3 Å². The Morgan fingerprint density at radius 3 is 2.74 bits per heavy atom. The Bertz CT molecular complexity index is 662. The van der Waals surface area contributed by atoms with Gasteiger partial charge in [-0.15, -0.1) is 0 Å². The van der Waals surface area contributed by atoms with Gasteiger partial charge in [-0.25, -0.2) is 0 Å². The Kier molecular flexibility index (Phi) is 3.96. The van der Waals surface area contributed by atoms with Gasteiger partial charge in [-0.2, -0.15) is 13.2 Å². The Labute approximate surface area is 133 Å². The molecule has 1 N–H and O–H groups in total. The van der Waals surface area contributed by atoms with Crippen molar-refractivity contribution >= 4 is 11.5 Å². The molecule has 0 saturated heterocycles. The molecule has 3 nitrogen and oxygen atoms in total. The summed E-state index contributed by atoms with van der Waals surface area (Å²) in [4.78, 5) is 13.7. The van der Waals surface area contributed by atoms with E-state index >= 15 is 0 Å². The predicted octanol–water partition coefficient (Wildman–Crippen LogP) is 3.51. The summed E-state index contributed by atoms with van der Waals surface area (Å²) in [6.45, 7) is 4.86. The van der Waals surface area contributed by atoms with Crippen LogP contribution in [0.4, 0.5) is 18.9 Å². The van der Waals surface area contributed by atoms with Gasteiger partial charge in [0, 0.05) is 24.4 Å². The first-order valence-corrected chi connectivity index (χ1v) is 7.67. The number of benzene rings is 1. The fourth-order valence-electron chi connectivity index (χ4n) is 3.60. The molecule has 2 aliphatic heterocycles. The van der Waals surface area contributed by atoms with Gasteiger partial charge in [0.05, 0.1) is 0 Å². The van der Waals surface area contributed by atoms with Crippen molar-refractivity contribution < 1.29 is 18.0 Å². The van der Waals surface area contributed by atoms with Crippen LogP contribution in [0.25, 0.3) is 0 Å². The van der Waals surface area contributed by atoms with Crippen LogP contribution >= 0.6 is 0 Å². The quantitative estimate of drug-likeness (QED) is 0.903. The standard InChI is InChI=1S/C17H19F3N2O/c1-10(2)9-22-13-5-3-4-11-8-21-7-6-12(14(11)13)15(22)16(23)17(18,19)20/h3-5,9,12,15,21H,6-8H2,1-2H3. The van der Waals surface area contributed by atoms with Crippen molar-refractivity contribution in [2.45, 2.75) is 44.9 Å². The normalized spacial score (nSPS) is 23.3. The van der Waals surface area contributed by atoms with Gasteiger partial charge in [-0.1, -0.05) is 17.7 Å². The zero-order valence-electron chi connectivity index (χ0n) is 13.1. The summed E-state index contributed by atoms with van der Waals surface area (Å²) >= 11 is 0. The maximum Gasteiger partial charge on any atom is 0.452 e. The molecule has 2 atom stereocenters. The Morgan fingerprint density at radius 1 is 1.35 bits per heavy atom. The predicted molar refractivity (Wildman–Crippen MR) is 82.3 cm³/mol. The summed E-state index contributed by atoms with van der Waals surface area (Å²) in [6.07, 6.45) is -2.66. The van der Waals surface area contributed by atoms with Crippen LogP contribution in [0.3, 0.4) is 0 Å². The molecule has 0 aliphatic carbocycles. The van der Waals surface area contributed by atoms with E-state index < -0.39 is 23.9 Å². The van der Waals surface area contributed by atoms with E-state index in [-0.39, 0.29) is 0 Å². The van der Waals surface area contributed by atoms with E-state index in [1.54, 1.807) is 12.3 Å². The van der Waals surface area contributed by atoms with E-state index in [1.807, 2.05) is 26.0 Å². The fraction of sp³-hybridized carbons (Fsp3) is 0.471. The van der Waals surface area contributed by atoms with Crippen molar-refractivity contribution in [1.82, 2.24) is 5.32 Å². The highest BCUT2D eigenvalue weighted by atomic mass is 19.4. The number of rotatable bonds is 2. The van der Waals surface area contributed by atoms with Crippen LogP contribution in [0.15, 0.2) is 30.0 Å². The van der Waals surface area contributed by atoms with Crippen molar-refractivity contribution in [2.75, 3.05) is 11.4 Å². The third-order valence-corrected chi connectivity index (χ3v) is 4.40. The number of halogens is 3. The van der Waals surface area contributed by atoms with Crippen LogP contribution in [-0.4, -0.2) is 24.5 Å². The van der Waals surface area contributed by atoms with Gasteiger partial charge in [0.15, 0.2) is 0 Å². The lowest BCUT2D eigenvalue weighted by Gasteiger charge is -2.27. The Morgan fingerprint density at radius 2 is 2.09 bits per heavy atom. The summed E-state index contributed by atoms with van der Waals surface area (Å²) in [7, 11) is 0. The van der Waals surface area contributed by atoms with Crippen LogP contribution in [0.5, 0.6) is 0 Å². The molecular weight excluding hydrogens is 305 g/mol. The van der Waals surface area contributed by atoms with Crippen LogP contribution < -0.4 is 10.2 Å². The molecule has 6 heteroatoms. The first kappa shape index (κ1) is 16.1. The number of carbonyl (C=O) groups excluding carboxylic acids is 1. The molecule has 0 aromatic heterocycles. The van der Waals surface area contributed by atoms with Crippen LogP contribution in [0.2, 0.25) is 0 Å². The number of nitrogens with zero attached hydrogens (tertiary/aromatic N) is 1. The number of anilines is 1. The van der Waals surface area contributed by atoms with Crippen LogP contribution in [-0.2, 0) is 11.3 Å².